The molecule has 4 nitrogen and oxygen atoms in total. The molecule has 0 bridgehead atoms. The first-order chi connectivity index (χ1) is 8.90. The van der Waals surface area contributed by atoms with Crippen LogP contribution in [0.1, 0.15) is 13.8 Å². The van der Waals surface area contributed by atoms with E-state index in [0.29, 0.717) is 12.3 Å². The van der Waals surface area contributed by atoms with E-state index in [4.69, 9.17) is 0 Å². The summed E-state index contributed by atoms with van der Waals surface area (Å²) in [4.78, 5) is 25.7. The van der Waals surface area contributed by atoms with E-state index in [1.165, 1.54) is 28.8 Å². The monoisotopic (exact) mass is 282 g/mol. The fourth-order valence-electron chi connectivity index (χ4n) is 1.81. The quantitative estimate of drug-likeness (QED) is 0.680. The zero-order valence-corrected chi connectivity index (χ0v) is 11.6. The summed E-state index contributed by atoms with van der Waals surface area (Å²) in [6, 6.07) is 5.78. The zero-order chi connectivity index (χ0) is 14.0. The van der Waals surface area contributed by atoms with Crippen molar-refractivity contribution >= 4 is 23.7 Å². The summed E-state index contributed by atoms with van der Waals surface area (Å²) in [6.45, 7) is 3.71. The van der Waals surface area contributed by atoms with Crippen LogP contribution in [0.4, 0.5) is 9.18 Å². The Hall–Kier alpha value is -1.56. The van der Waals surface area contributed by atoms with Gasteiger partial charge in [-0.2, -0.15) is 0 Å². The Labute approximate surface area is 115 Å². The van der Waals surface area contributed by atoms with E-state index in [9.17, 15) is 14.0 Å². The number of rotatable bonds is 4. The second-order valence-corrected chi connectivity index (χ2v) is 5.98. The van der Waals surface area contributed by atoms with Crippen molar-refractivity contribution in [2.75, 3.05) is 12.3 Å². The van der Waals surface area contributed by atoms with Crippen molar-refractivity contribution in [3.63, 3.8) is 0 Å². The third-order valence-corrected chi connectivity index (χ3v) is 3.83. The number of carbonyl (C=O) groups excluding carboxylic acids is 2. The van der Waals surface area contributed by atoms with Gasteiger partial charge in [-0.05, 0) is 38.1 Å². The number of hydrogen-bond acceptors (Lipinski definition) is 3. The van der Waals surface area contributed by atoms with Gasteiger partial charge in [0.05, 0.1) is 0 Å². The molecule has 0 spiro atoms. The molecule has 3 amide bonds. The summed E-state index contributed by atoms with van der Waals surface area (Å²) in [6.07, 6.45) is 0. The number of carbonyl (C=O) groups is 2. The van der Waals surface area contributed by atoms with Crippen LogP contribution >= 0.6 is 11.8 Å². The van der Waals surface area contributed by atoms with Gasteiger partial charge in [-0.25, -0.2) is 9.18 Å². The van der Waals surface area contributed by atoms with E-state index in [2.05, 4.69) is 5.32 Å². The Morgan fingerprint density at radius 2 is 1.89 bits per heavy atom. The fourth-order valence-corrected chi connectivity index (χ4v) is 2.64. The summed E-state index contributed by atoms with van der Waals surface area (Å²) in [5.41, 5.74) is -0.822. The predicted molar refractivity (Wildman–Crippen MR) is 71.4 cm³/mol. The van der Waals surface area contributed by atoms with Crippen LogP contribution in [-0.2, 0) is 4.79 Å². The van der Waals surface area contributed by atoms with Crippen molar-refractivity contribution in [1.82, 2.24) is 10.2 Å². The molecule has 19 heavy (non-hydrogen) atoms. The third kappa shape index (κ3) is 3.07. The highest BCUT2D eigenvalue weighted by atomic mass is 32.2. The van der Waals surface area contributed by atoms with Crippen molar-refractivity contribution in [2.45, 2.75) is 24.3 Å². The molecule has 102 valence electrons. The van der Waals surface area contributed by atoms with E-state index in [0.717, 1.165) is 4.90 Å². The van der Waals surface area contributed by atoms with Crippen molar-refractivity contribution in [3.05, 3.63) is 30.1 Å². The zero-order valence-electron chi connectivity index (χ0n) is 10.8. The van der Waals surface area contributed by atoms with E-state index >= 15 is 0 Å². The lowest BCUT2D eigenvalue weighted by atomic mass is 10.1. The van der Waals surface area contributed by atoms with Crippen molar-refractivity contribution in [1.29, 1.82) is 0 Å². The highest BCUT2D eigenvalue weighted by Gasteiger charge is 2.43. The van der Waals surface area contributed by atoms with Gasteiger partial charge in [0.2, 0.25) is 0 Å². The summed E-state index contributed by atoms with van der Waals surface area (Å²) in [5, 5.41) is 2.63. The Balaban J connectivity index is 1.88. The SMILES string of the molecule is CC1(C)NC(=O)N(CCSc2ccc(F)cc2)C1=O. The Morgan fingerprint density at radius 3 is 2.42 bits per heavy atom. The Morgan fingerprint density at radius 1 is 1.26 bits per heavy atom. The minimum atomic E-state index is -0.822. The van der Waals surface area contributed by atoms with E-state index in [1.807, 2.05) is 0 Å². The average molecular weight is 282 g/mol. The molecule has 0 saturated carbocycles. The number of urea groups is 1. The van der Waals surface area contributed by atoms with E-state index in [-0.39, 0.29) is 17.8 Å². The summed E-state index contributed by atoms with van der Waals surface area (Å²) < 4.78 is 12.7. The molecule has 0 radical (unpaired) electrons. The standard InChI is InChI=1S/C13H15FN2O2S/c1-13(2)11(17)16(12(18)15-13)7-8-19-10-5-3-9(14)4-6-10/h3-6H,7-8H2,1-2H3,(H,15,18). The first-order valence-corrected chi connectivity index (χ1v) is 6.91. The number of benzene rings is 1. The minimum absolute atomic E-state index is 0.211. The van der Waals surface area contributed by atoms with Gasteiger partial charge in [0, 0.05) is 17.2 Å². The van der Waals surface area contributed by atoms with Crippen LogP contribution < -0.4 is 5.32 Å². The fraction of sp³-hybridized carbons (Fsp3) is 0.385. The number of halogens is 1. The molecule has 1 N–H and O–H groups in total. The van der Waals surface area contributed by atoms with E-state index < -0.39 is 5.54 Å². The molecule has 1 aliphatic heterocycles. The van der Waals surface area contributed by atoms with Crippen LogP contribution in [0, 0.1) is 5.82 Å². The normalized spacial score (nSPS) is 17.7. The number of nitrogens with one attached hydrogen (secondary N) is 1. The maximum atomic E-state index is 12.7. The van der Waals surface area contributed by atoms with Crippen molar-refractivity contribution < 1.29 is 14.0 Å². The second kappa shape index (κ2) is 5.21. The van der Waals surface area contributed by atoms with Crippen LogP contribution in [0.5, 0.6) is 0 Å². The van der Waals surface area contributed by atoms with Crippen LogP contribution in [0.25, 0.3) is 0 Å². The summed E-state index contributed by atoms with van der Waals surface area (Å²) in [5.74, 6) is 0.0957. The molecule has 1 saturated heterocycles. The first-order valence-electron chi connectivity index (χ1n) is 5.92. The van der Waals surface area contributed by atoms with Crippen molar-refractivity contribution in [2.24, 2.45) is 0 Å². The number of amides is 3. The molecule has 1 aliphatic rings. The minimum Gasteiger partial charge on any atom is -0.324 e. The van der Waals surface area contributed by atoms with Crippen LogP contribution in [-0.4, -0.2) is 34.7 Å². The molecule has 1 heterocycles. The van der Waals surface area contributed by atoms with Gasteiger partial charge < -0.3 is 5.32 Å². The lowest BCUT2D eigenvalue weighted by molar-refractivity contribution is -0.130. The molecular weight excluding hydrogens is 267 g/mol. The second-order valence-electron chi connectivity index (χ2n) is 4.81. The molecule has 0 unspecified atom stereocenters. The molecular formula is C13H15FN2O2S. The molecule has 6 heteroatoms. The Kier molecular flexibility index (Phi) is 3.80. The summed E-state index contributed by atoms with van der Waals surface area (Å²) in [7, 11) is 0. The molecule has 1 aromatic rings. The lowest BCUT2D eigenvalue weighted by Gasteiger charge is -2.15. The maximum Gasteiger partial charge on any atom is 0.325 e. The number of nitrogens with zero attached hydrogens (tertiary/aromatic N) is 1. The van der Waals surface area contributed by atoms with Gasteiger partial charge in [-0.3, -0.25) is 9.69 Å². The number of thioether (sulfide) groups is 1. The van der Waals surface area contributed by atoms with E-state index in [1.54, 1.807) is 26.0 Å². The van der Waals surface area contributed by atoms with Gasteiger partial charge in [-0.15, -0.1) is 11.8 Å². The van der Waals surface area contributed by atoms with Crippen LogP contribution in [0.3, 0.4) is 0 Å². The van der Waals surface area contributed by atoms with Crippen molar-refractivity contribution in [3.8, 4) is 0 Å². The molecule has 0 aromatic heterocycles. The third-order valence-electron chi connectivity index (χ3n) is 2.84. The van der Waals surface area contributed by atoms with Crippen LogP contribution in [0.15, 0.2) is 29.2 Å². The number of hydrogen-bond donors (Lipinski definition) is 1. The lowest BCUT2D eigenvalue weighted by Crippen LogP contribution is -2.40. The highest BCUT2D eigenvalue weighted by Crippen LogP contribution is 2.21. The largest absolute Gasteiger partial charge is 0.325 e. The van der Waals surface area contributed by atoms with Gasteiger partial charge in [0.1, 0.15) is 11.4 Å². The maximum absolute atomic E-state index is 12.7. The number of imide groups is 1. The molecule has 1 fully saturated rings. The summed E-state index contributed by atoms with van der Waals surface area (Å²) >= 11 is 1.48. The van der Waals surface area contributed by atoms with Gasteiger partial charge in [-0.1, -0.05) is 0 Å². The van der Waals surface area contributed by atoms with Gasteiger partial charge in [0.25, 0.3) is 5.91 Å². The smallest absolute Gasteiger partial charge is 0.324 e. The molecule has 0 atom stereocenters. The predicted octanol–water partition coefficient (Wildman–Crippen LogP) is 2.25. The molecule has 0 aliphatic carbocycles. The van der Waals surface area contributed by atoms with Crippen LogP contribution in [0.2, 0.25) is 0 Å². The Bertz CT molecular complexity index is 502. The molecule has 2 rings (SSSR count). The highest BCUT2D eigenvalue weighted by molar-refractivity contribution is 7.99. The molecule has 1 aromatic carbocycles. The van der Waals surface area contributed by atoms with Gasteiger partial charge >= 0.3 is 6.03 Å². The average Bonchev–Trinajstić information content (AvgIpc) is 2.53. The topological polar surface area (TPSA) is 49.4 Å². The van der Waals surface area contributed by atoms with Gasteiger partial charge in [0.15, 0.2) is 0 Å². The first kappa shape index (κ1) is 13.9.